The lowest BCUT2D eigenvalue weighted by molar-refractivity contribution is -0.143. The summed E-state index contributed by atoms with van der Waals surface area (Å²) in [5, 5.41) is 3.41. The summed E-state index contributed by atoms with van der Waals surface area (Å²) in [6.07, 6.45) is 4.86. The zero-order valence-electron chi connectivity index (χ0n) is 13.4. The third kappa shape index (κ3) is 4.45. The van der Waals surface area contributed by atoms with Gasteiger partial charge in [0.1, 0.15) is 6.04 Å². The van der Waals surface area contributed by atoms with E-state index in [0.29, 0.717) is 11.5 Å². The highest BCUT2D eigenvalue weighted by Crippen LogP contribution is 2.34. The third-order valence-electron chi connectivity index (χ3n) is 4.75. The van der Waals surface area contributed by atoms with Gasteiger partial charge in [0.15, 0.2) is 0 Å². The van der Waals surface area contributed by atoms with Gasteiger partial charge in [-0.05, 0) is 50.1 Å². The molecule has 2 aliphatic rings. The number of nitrogens with zero attached hydrogens (tertiary/aromatic N) is 1. The van der Waals surface area contributed by atoms with Gasteiger partial charge in [-0.2, -0.15) is 0 Å². The maximum absolute atomic E-state index is 11.9. The number of piperidine rings is 1. The van der Waals surface area contributed by atoms with E-state index in [0.717, 1.165) is 25.6 Å². The minimum atomic E-state index is -0.154. The molecule has 4 heteroatoms. The van der Waals surface area contributed by atoms with Gasteiger partial charge in [-0.15, -0.1) is 0 Å². The molecule has 1 unspecified atom stereocenters. The molecule has 1 saturated carbocycles. The second kappa shape index (κ2) is 6.44. The fourth-order valence-corrected chi connectivity index (χ4v) is 3.11. The van der Waals surface area contributed by atoms with Gasteiger partial charge in [-0.1, -0.05) is 20.8 Å². The van der Waals surface area contributed by atoms with Gasteiger partial charge >= 0.3 is 5.97 Å². The summed E-state index contributed by atoms with van der Waals surface area (Å²) in [6.45, 7) is 9.99. The second-order valence-electron chi connectivity index (χ2n) is 7.46. The van der Waals surface area contributed by atoms with E-state index >= 15 is 0 Å². The van der Waals surface area contributed by atoms with Crippen LogP contribution >= 0.6 is 0 Å². The topological polar surface area (TPSA) is 41.6 Å². The van der Waals surface area contributed by atoms with Gasteiger partial charge in [0.05, 0.1) is 7.11 Å². The number of likely N-dealkylation sites (tertiary alicyclic amines) is 1. The van der Waals surface area contributed by atoms with E-state index in [1.54, 1.807) is 0 Å². The molecular formula is C16H30N2O2. The largest absolute Gasteiger partial charge is 0.468 e. The Labute approximate surface area is 123 Å². The Morgan fingerprint density at radius 2 is 1.85 bits per heavy atom. The van der Waals surface area contributed by atoms with Crippen molar-refractivity contribution in [1.29, 1.82) is 0 Å². The standard InChI is InChI=1S/C16H30N2O2/c1-16(2,3)12-7-9-18(10-8-12)11-14(15(19)20-4)17-13-5-6-13/h12-14,17H,5-11H2,1-4H3. The van der Waals surface area contributed by atoms with Crippen LogP contribution in [0.5, 0.6) is 0 Å². The smallest absolute Gasteiger partial charge is 0.324 e. The molecule has 0 bridgehead atoms. The van der Waals surface area contributed by atoms with E-state index < -0.39 is 0 Å². The molecule has 0 aromatic rings. The molecule has 1 aliphatic carbocycles. The van der Waals surface area contributed by atoms with Crippen molar-refractivity contribution in [3.8, 4) is 0 Å². The summed E-state index contributed by atoms with van der Waals surface area (Å²) in [5.74, 6) is 0.682. The Kier molecular flexibility index (Phi) is 5.08. The minimum Gasteiger partial charge on any atom is -0.468 e. The van der Waals surface area contributed by atoms with Crippen LogP contribution in [-0.4, -0.2) is 49.7 Å². The number of ether oxygens (including phenoxy) is 1. The van der Waals surface area contributed by atoms with Crippen molar-refractivity contribution in [3.63, 3.8) is 0 Å². The zero-order valence-corrected chi connectivity index (χ0v) is 13.4. The number of methoxy groups -OCH3 is 1. The van der Waals surface area contributed by atoms with E-state index in [-0.39, 0.29) is 12.0 Å². The van der Waals surface area contributed by atoms with Gasteiger partial charge in [0.25, 0.3) is 0 Å². The predicted molar refractivity (Wildman–Crippen MR) is 80.6 cm³/mol. The molecule has 20 heavy (non-hydrogen) atoms. The van der Waals surface area contributed by atoms with Gasteiger partial charge in [-0.25, -0.2) is 0 Å². The second-order valence-corrected chi connectivity index (χ2v) is 7.46. The number of carbonyl (C=O) groups is 1. The number of hydrogen-bond acceptors (Lipinski definition) is 4. The van der Waals surface area contributed by atoms with Gasteiger partial charge < -0.3 is 15.0 Å². The molecule has 0 radical (unpaired) electrons. The SMILES string of the molecule is COC(=O)C(CN1CCC(C(C)(C)C)CC1)NC1CC1. The Balaban J connectivity index is 1.81. The highest BCUT2D eigenvalue weighted by atomic mass is 16.5. The molecule has 1 saturated heterocycles. The van der Waals surface area contributed by atoms with Crippen molar-refractivity contribution >= 4 is 5.97 Å². The quantitative estimate of drug-likeness (QED) is 0.784. The number of carbonyl (C=O) groups excluding carboxylic acids is 1. The predicted octanol–water partition coefficient (Wildman–Crippen LogP) is 2.04. The molecule has 0 aromatic heterocycles. The lowest BCUT2D eigenvalue weighted by atomic mass is 9.75. The third-order valence-corrected chi connectivity index (χ3v) is 4.75. The summed E-state index contributed by atoms with van der Waals surface area (Å²) in [4.78, 5) is 14.3. The van der Waals surface area contributed by atoms with E-state index in [9.17, 15) is 4.79 Å². The molecule has 1 heterocycles. The number of rotatable bonds is 5. The van der Waals surface area contributed by atoms with E-state index in [1.807, 2.05) is 0 Å². The molecule has 2 fully saturated rings. The van der Waals surface area contributed by atoms with Crippen LogP contribution in [-0.2, 0) is 9.53 Å². The molecule has 2 rings (SSSR count). The lowest BCUT2D eigenvalue weighted by Gasteiger charge is -2.39. The summed E-state index contributed by atoms with van der Waals surface area (Å²) < 4.78 is 4.93. The van der Waals surface area contributed by atoms with Crippen molar-refractivity contribution in [2.45, 2.75) is 58.5 Å². The number of esters is 1. The Bertz CT molecular complexity index is 326. The average Bonchev–Trinajstić information content (AvgIpc) is 3.20. The fourth-order valence-electron chi connectivity index (χ4n) is 3.11. The maximum Gasteiger partial charge on any atom is 0.324 e. The molecule has 0 aromatic carbocycles. The highest BCUT2D eigenvalue weighted by molar-refractivity contribution is 5.76. The summed E-state index contributed by atoms with van der Waals surface area (Å²) in [7, 11) is 1.48. The van der Waals surface area contributed by atoms with E-state index in [4.69, 9.17) is 4.74 Å². The molecule has 1 atom stereocenters. The van der Waals surface area contributed by atoms with Gasteiger partial charge in [0, 0.05) is 12.6 Å². The van der Waals surface area contributed by atoms with Gasteiger partial charge in [-0.3, -0.25) is 4.79 Å². The minimum absolute atomic E-state index is 0.116. The highest BCUT2D eigenvalue weighted by Gasteiger charge is 2.33. The van der Waals surface area contributed by atoms with Crippen LogP contribution in [0.1, 0.15) is 46.5 Å². The Morgan fingerprint density at radius 1 is 1.25 bits per heavy atom. The average molecular weight is 282 g/mol. The first kappa shape index (κ1) is 15.8. The fraction of sp³-hybridized carbons (Fsp3) is 0.938. The Morgan fingerprint density at radius 3 is 2.30 bits per heavy atom. The molecule has 1 N–H and O–H groups in total. The number of nitrogens with one attached hydrogen (secondary N) is 1. The van der Waals surface area contributed by atoms with Crippen LogP contribution in [0.25, 0.3) is 0 Å². The first-order valence-corrected chi connectivity index (χ1v) is 7.96. The van der Waals surface area contributed by atoms with Crippen LogP contribution in [0.2, 0.25) is 0 Å². The van der Waals surface area contributed by atoms with Crippen LogP contribution in [0, 0.1) is 11.3 Å². The normalized spacial score (nSPS) is 23.6. The molecule has 116 valence electrons. The molecule has 0 spiro atoms. The molecule has 1 aliphatic heterocycles. The monoisotopic (exact) mass is 282 g/mol. The van der Waals surface area contributed by atoms with Crippen molar-refractivity contribution in [2.75, 3.05) is 26.7 Å². The molecule has 4 nitrogen and oxygen atoms in total. The van der Waals surface area contributed by atoms with Crippen molar-refractivity contribution in [1.82, 2.24) is 10.2 Å². The van der Waals surface area contributed by atoms with E-state index in [1.165, 1.54) is 32.8 Å². The Hall–Kier alpha value is -0.610. The van der Waals surface area contributed by atoms with Gasteiger partial charge in [0.2, 0.25) is 0 Å². The first-order chi connectivity index (χ1) is 9.40. The van der Waals surface area contributed by atoms with Crippen molar-refractivity contribution in [2.24, 2.45) is 11.3 Å². The number of hydrogen-bond donors (Lipinski definition) is 1. The van der Waals surface area contributed by atoms with Crippen LogP contribution in [0.4, 0.5) is 0 Å². The zero-order chi connectivity index (χ0) is 14.8. The molecular weight excluding hydrogens is 252 g/mol. The van der Waals surface area contributed by atoms with Crippen molar-refractivity contribution in [3.05, 3.63) is 0 Å². The lowest BCUT2D eigenvalue weighted by Crippen LogP contribution is -2.50. The summed E-state index contributed by atoms with van der Waals surface area (Å²) in [5.41, 5.74) is 0.403. The maximum atomic E-state index is 11.9. The summed E-state index contributed by atoms with van der Waals surface area (Å²) >= 11 is 0. The van der Waals surface area contributed by atoms with Crippen LogP contribution in [0.15, 0.2) is 0 Å². The molecule has 0 amide bonds. The first-order valence-electron chi connectivity index (χ1n) is 7.96. The summed E-state index contributed by atoms with van der Waals surface area (Å²) in [6, 6.07) is 0.380. The van der Waals surface area contributed by atoms with Crippen LogP contribution < -0.4 is 5.32 Å². The van der Waals surface area contributed by atoms with Crippen LogP contribution in [0.3, 0.4) is 0 Å². The van der Waals surface area contributed by atoms with Crippen molar-refractivity contribution < 1.29 is 9.53 Å². The van der Waals surface area contributed by atoms with E-state index in [2.05, 4.69) is 31.0 Å².